The average molecular weight is 455 g/mol. The van der Waals surface area contributed by atoms with E-state index in [0.717, 1.165) is 31.1 Å². The van der Waals surface area contributed by atoms with Crippen LogP contribution in [0.25, 0.3) is 0 Å². The van der Waals surface area contributed by atoms with Crippen molar-refractivity contribution in [1.29, 1.82) is 0 Å². The number of nitrogens with one attached hydrogen (secondary N) is 1. The van der Waals surface area contributed by atoms with Gasteiger partial charge in [-0.15, -0.1) is 0 Å². The molecule has 5 nitrogen and oxygen atoms in total. The number of halogens is 3. The first-order valence-corrected chi connectivity index (χ1v) is 10.6. The first kappa shape index (κ1) is 21.9. The Kier molecular flexibility index (Phi) is 7.78. The topological polar surface area (TPSA) is 52.7 Å². The largest absolute Gasteiger partial charge is 0.336 e. The molecule has 29 heavy (non-hydrogen) atoms. The molecule has 0 aromatic heterocycles. The van der Waals surface area contributed by atoms with Crippen molar-refractivity contribution in [1.82, 2.24) is 9.80 Å². The number of carbonyl (C=O) groups is 2. The lowest BCUT2D eigenvalue weighted by atomic mass is 10.1. The molecule has 0 aliphatic carbocycles. The fraction of sp³-hybridized carbons (Fsp3) is 0.333. The lowest BCUT2D eigenvalue weighted by molar-refractivity contribution is -0.114. The van der Waals surface area contributed by atoms with E-state index in [1.54, 1.807) is 24.3 Å². The van der Waals surface area contributed by atoms with Crippen molar-refractivity contribution >= 4 is 52.3 Å². The van der Waals surface area contributed by atoms with E-state index in [1.165, 1.54) is 5.56 Å². The number of anilines is 1. The first-order chi connectivity index (χ1) is 13.9. The van der Waals surface area contributed by atoms with Gasteiger partial charge >= 0.3 is 0 Å². The van der Waals surface area contributed by atoms with Crippen LogP contribution in [-0.2, 0) is 11.2 Å². The molecule has 2 aromatic rings. The molecule has 154 valence electrons. The molecule has 1 aliphatic rings. The summed E-state index contributed by atoms with van der Waals surface area (Å²) >= 11 is 17.0. The number of hydrogen-bond acceptors (Lipinski definition) is 3. The maximum atomic E-state index is 12.7. The smallest absolute Gasteiger partial charge is 0.257 e. The third-order valence-corrected chi connectivity index (χ3v) is 5.54. The fourth-order valence-corrected chi connectivity index (χ4v) is 3.42. The van der Waals surface area contributed by atoms with Crippen LogP contribution in [0.1, 0.15) is 15.9 Å². The Hall–Kier alpha value is -1.79. The van der Waals surface area contributed by atoms with Crippen LogP contribution in [0.3, 0.4) is 0 Å². The number of nitrogens with zero attached hydrogens (tertiary/aromatic N) is 2. The van der Waals surface area contributed by atoms with Gasteiger partial charge < -0.3 is 10.2 Å². The number of carbonyl (C=O) groups excluding carboxylic acids is 2. The molecule has 0 saturated carbocycles. The van der Waals surface area contributed by atoms with Crippen molar-refractivity contribution in [2.24, 2.45) is 0 Å². The van der Waals surface area contributed by atoms with Crippen molar-refractivity contribution in [3.05, 3.63) is 64.7 Å². The predicted molar refractivity (Wildman–Crippen MR) is 118 cm³/mol. The van der Waals surface area contributed by atoms with Crippen LogP contribution in [0.15, 0.2) is 48.5 Å². The van der Waals surface area contributed by atoms with Gasteiger partial charge in [0.25, 0.3) is 11.8 Å². The summed E-state index contributed by atoms with van der Waals surface area (Å²) < 4.78 is 0. The normalized spacial score (nSPS) is 14.8. The molecule has 1 aliphatic heterocycles. The van der Waals surface area contributed by atoms with Gasteiger partial charge in [-0.2, -0.15) is 0 Å². The summed E-state index contributed by atoms with van der Waals surface area (Å²) in [6.07, 6.45) is 0.962. The number of rotatable bonds is 6. The van der Waals surface area contributed by atoms with Crippen molar-refractivity contribution in [2.75, 3.05) is 38.0 Å². The maximum Gasteiger partial charge on any atom is 0.257 e. The van der Waals surface area contributed by atoms with Crippen molar-refractivity contribution in [2.45, 2.75) is 11.3 Å². The van der Waals surface area contributed by atoms with Gasteiger partial charge in [-0.1, -0.05) is 46.9 Å². The van der Waals surface area contributed by atoms with E-state index < -0.39 is 10.7 Å². The molecular weight excluding hydrogens is 433 g/mol. The molecule has 1 saturated heterocycles. The summed E-state index contributed by atoms with van der Waals surface area (Å²) in [4.78, 5) is 27.3. The average Bonchev–Trinajstić information content (AvgIpc) is 2.73. The van der Waals surface area contributed by atoms with Crippen molar-refractivity contribution in [3.63, 3.8) is 0 Å². The Bertz CT molecular complexity index is 833. The Morgan fingerprint density at radius 1 is 0.931 bits per heavy atom. The molecule has 2 aromatic carbocycles. The molecule has 0 atom stereocenters. The summed E-state index contributed by atoms with van der Waals surface area (Å²) in [5.74, 6) is -0.505. The van der Waals surface area contributed by atoms with Crippen LogP contribution in [-0.4, -0.2) is 59.2 Å². The number of piperazine rings is 1. The Labute approximate surface area is 185 Å². The third-order valence-electron chi connectivity index (χ3n) is 4.89. The standard InChI is InChI=1S/C21H22Cl3N3O2/c22-17-5-1-15(2-6-17)9-10-26-11-13-27(14-12-26)21(29)16-3-7-18(8-4-16)25-20(28)19(23)24/h1-8,19H,9-14H2,(H,25,28). The molecule has 1 fully saturated rings. The maximum absolute atomic E-state index is 12.7. The van der Waals surface area contributed by atoms with E-state index in [4.69, 9.17) is 34.8 Å². The molecule has 0 radical (unpaired) electrons. The van der Waals surface area contributed by atoms with Crippen molar-refractivity contribution < 1.29 is 9.59 Å². The fourth-order valence-electron chi connectivity index (χ4n) is 3.19. The van der Waals surface area contributed by atoms with Crippen LogP contribution < -0.4 is 5.32 Å². The van der Waals surface area contributed by atoms with Gasteiger partial charge in [-0.3, -0.25) is 14.5 Å². The second-order valence-corrected chi connectivity index (χ2v) is 8.41. The SMILES string of the molecule is O=C(Nc1ccc(C(=O)N2CCN(CCc3ccc(Cl)cc3)CC2)cc1)C(Cl)Cl. The van der Waals surface area contributed by atoms with Crippen LogP contribution in [0.5, 0.6) is 0 Å². The summed E-state index contributed by atoms with van der Waals surface area (Å²) in [5.41, 5.74) is 2.39. The second kappa shape index (κ2) is 10.3. The molecule has 1 heterocycles. The van der Waals surface area contributed by atoms with E-state index in [-0.39, 0.29) is 5.91 Å². The zero-order valence-corrected chi connectivity index (χ0v) is 18.1. The van der Waals surface area contributed by atoms with E-state index in [0.29, 0.717) is 24.3 Å². The highest BCUT2D eigenvalue weighted by atomic mass is 35.5. The summed E-state index contributed by atoms with van der Waals surface area (Å²) in [5, 5.41) is 3.33. The lowest BCUT2D eigenvalue weighted by Crippen LogP contribution is -2.49. The molecule has 2 amide bonds. The molecule has 8 heteroatoms. The Balaban J connectivity index is 1.46. The van der Waals surface area contributed by atoms with Crippen molar-refractivity contribution in [3.8, 4) is 0 Å². The quantitative estimate of drug-likeness (QED) is 0.669. The number of alkyl halides is 2. The summed E-state index contributed by atoms with van der Waals surface area (Å²) in [7, 11) is 0. The number of benzene rings is 2. The molecule has 1 N–H and O–H groups in total. The predicted octanol–water partition coefficient (Wildman–Crippen LogP) is 4.08. The number of amides is 2. The van der Waals surface area contributed by atoms with Gasteiger partial charge in [0.05, 0.1) is 0 Å². The van der Waals surface area contributed by atoms with E-state index in [1.807, 2.05) is 17.0 Å². The Morgan fingerprint density at radius 3 is 2.14 bits per heavy atom. The van der Waals surface area contributed by atoms with Crippen LogP contribution in [0, 0.1) is 0 Å². The lowest BCUT2D eigenvalue weighted by Gasteiger charge is -2.34. The minimum absolute atomic E-state index is 0.00667. The third kappa shape index (κ3) is 6.34. The van der Waals surface area contributed by atoms with E-state index in [9.17, 15) is 9.59 Å². The molecule has 0 bridgehead atoms. The monoisotopic (exact) mass is 453 g/mol. The van der Waals surface area contributed by atoms with Gasteiger partial charge in [0.15, 0.2) is 4.84 Å². The first-order valence-electron chi connectivity index (χ1n) is 9.37. The Morgan fingerprint density at radius 2 is 1.55 bits per heavy atom. The summed E-state index contributed by atoms with van der Waals surface area (Å²) in [6, 6.07) is 14.7. The highest BCUT2D eigenvalue weighted by molar-refractivity contribution is 6.54. The number of hydrogen-bond donors (Lipinski definition) is 1. The van der Waals surface area contributed by atoms with Crippen LogP contribution >= 0.6 is 34.8 Å². The van der Waals surface area contributed by atoms with Gasteiger partial charge in [0, 0.05) is 49.0 Å². The highest BCUT2D eigenvalue weighted by Crippen LogP contribution is 2.15. The molecule has 0 spiro atoms. The van der Waals surface area contributed by atoms with Gasteiger partial charge in [-0.25, -0.2) is 0 Å². The minimum atomic E-state index is -1.13. The molecular formula is C21H22Cl3N3O2. The van der Waals surface area contributed by atoms with Crippen LogP contribution in [0.4, 0.5) is 5.69 Å². The zero-order chi connectivity index (χ0) is 20.8. The van der Waals surface area contributed by atoms with Gasteiger partial charge in [0.1, 0.15) is 0 Å². The van der Waals surface area contributed by atoms with Crippen LogP contribution in [0.2, 0.25) is 5.02 Å². The zero-order valence-electron chi connectivity index (χ0n) is 15.8. The molecule has 0 unspecified atom stereocenters. The minimum Gasteiger partial charge on any atom is -0.336 e. The van der Waals surface area contributed by atoms with E-state index in [2.05, 4.69) is 22.3 Å². The van der Waals surface area contributed by atoms with Gasteiger partial charge in [-0.05, 0) is 48.4 Å². The highest BCUT2D eigenvalue weighted by Gasteiger charge is 2.22. The van der Waals surface area contributed by atoms with Gasteiger partial charge in [0.2, 0.25) is 0 Å². The summed E-state index contributed by atoms with van der Waals surface area (Å²) in [6.45, 7) is 4.04. The second-order valence-electron chi connectivity index (χ2n) is 6.88. The molecule has 3 rings (SSSR count). The van der Waals surface area contributed by atoms with E-state index >= 15 is 0 Å².